The molecule has 0 saturated heterocycles. The molecule has 0 heterocycles. The summed E-state index contributed by atoms with van der Waals surface area (Å²) in [5.74, 6) is 2.47. The summed E-state index contributed by atoms with van der Waals surface area (Å²) in [7, 11) is 0. The van der Waals surface area contributed by atoms with Gasteiger partial charge in [-0.25, -0.2) is 4.39 Å². The molecule has 24 heavy (non-hydrogen) atoms. The highest BCUT2D eigenvalue weighted by atomic mass is 19.1. The van der Waals surface area contributed by atoms with Crippen LogP contribution in [0.5, 0.6) is 5.75 Å². The van der Waals surface area contributed by atoms with E-state index in [0.29, 0.717) is 12.2 Å². The largest absolute Gasteiger partial charge is 0.494 e. The Morgan fingerprint density at radius 2 is 1.79 bits per heavy atom. The lowest BCUT2D eigenvalue weighted by Crippen LogP contribution is -2.13. The molecule has 1 aliphatic rings. The van der Waals surface area contributed by atoms with Gasteiger partial charge in [0.25, 0.3) is 0 Å². The Morgan fingerprint density at radius 1 is 1.04 bits per heavy atom. The Labute approximate surface area is 147 Å². The molecule has 1 aromatic carbocycles. The molecule has 1 aliphatic carbocycles. The van der Waals surface area contributed by atoms with Gasteiger partial charge in [0, 0.05) is 0 Å². The van der Waals surface area contributed by atoms with Crippen LogP contribution in [0.3, 0.4) is 0 Å². The molecule has 0 spiro atoms. The van der Waals surface area contributed by atoms with Gasteiger partial charge in [-0.05, 0) is 74.5 Å². The van der Waals surface area contributed by atoms with E-state index in [0.717, 1.165) is 37.5 Å². The van der Waals surface area contributed by atoms with Crippen LogP contribution in [0.1, 0.15) is 82.6 Å². The van der Waals surface area contributed by atoms with Crippen LogP contribution in [0.2, 0.25) is 0 Å². The van der Waals surface area contributed by atoms with Crippen molar-refractivity contribution in [2.75, 3.05) is 6.61 Å². The van der Waals surface area contributed by atoms with Crippen molar-refractivity contribution < 1.29 is 9.13 Å². The first-order chi connectivity index (χ1) is 11.8. The third-order valence-electron chi connectivity index (χ3n) is 5.30. The van der Waals surface area contributed by atoms with Gasteiger partial charge in [0.05, 0.1) is 12.9 Å². The number of allylic oxidation sites excluding steroid dienone is 1. The summed E-state index contributed by atoms with van der Waals surface area (Å²) < 4.78 is 17.8. The van der Waals surface area contributed by atoms with Gasteiger partial charge in [0.15, 0.2) is 0 Å². The first kappa shape index (κ1) is 19.0. The number of benzene rings is 1. The highest BCUT2D eigenvalue weighted by molar-refractivity contribution is 5.29. The number of halogens is 1. The average Bonchev–Trinajstić information content (AvgIpc) is 2.63. The molecular weight excluding hydrogens is 299 g/mol. The van der Waals surface area contributed by atoms with Crippen molar-refractivity contribution in [3.8, 4) is 5.75 Å². The van der Waals surface area contributed by atoms with E-state index in [1.54, 1.807) is 6.08 Å². The van der Waals surface area contributed by atoms with E-state index in [1.807, 2.05) is 0 Å². The zero-order valence-corrected chi connectivity index (χ0v) is 15.2. The number of rotatable bonds is 10. The minimum absolute atomic E-state index is 0.680. The predicted octanol–water partition coefficient (Wildman–Crippen LogP) is 7.18. The molecule has 0 aromatic heterocycles. The van der Waals surface area contributed by atoms with Crippen LogP contribution < -0.4 is 4.74 Å². The van der Waals surface area contributed by atoms with Gasteiger partial charge in [0.2, 0.25) is 0 Å². The second-order valence-corrected chi connectivity index (χ2v) is 7.13. The summed E-state index contributed by atoms with van der Waals surface area (Å²) in [6.07, 6.45) is 14.4. The molecular formula is C22H33FO. The van der Waals surface area contributed by atoms with Crippen molar-refractivity contribution in [1.29, 1.82) is 0 Å². The highest BCUT2D eigenvalue weighted by Crippen LogP contribution is 2.37. The van der Waals surface area contributed by atoms with Crippen LogP contribution in [0, 0.1) is 5.92 Å². The molecule has 0 amide bonds. The molecule has 0 aliphatic heterocycles. The number of ether oxygens (including phenoxy) is 1. The predicted molar refractivity (Wildman–Crippen MR) is 100 cm³/mol. The molecule has 0 N–H and O–H groups in total. The Hall–Kier alpha value is -1.31. The smallest absolute Gasteiger partial charge is 0.119 e. The van der Waals surface area contributed by atoms with E-state index in [9.17, 15) is 4.39 Å². The Morgan fingerprint density at radius 3 is 2.46 bits per heavy atom. The lowest BCUT2D eigenvalue weighted by atomic mass is 9.77. The van der Waals surface area contributed by atoms with Crippen molar-refractivity contribution in [3.63, 3.8) is 0 Å². The summed E-state index contributed by atoms with van der Waals surface area (Å²) in [5, 5.41) is 0. The standard InChI is InChI=1S/C22H33FO/c1-2-3-4-7-18-24-22-15-13-21(14-16-22)20-11-9-19(10-12-20)8-5-6-17-23/h6,13-17,19-20H,2-5,7-12,18H2,1H3. The quantitative estimate of drug-likeness (QED) is 0.412. The van der Waals surface area contributed by atoms with Gasteiger partial charge in [-0.1, -0.05) is 44.4 Å². The van der Waals surface area contributed by atoms with E-state index >= 15 is 0 Å². The highest BCUT2D eigenvalue weighted by Gasteiger charge is 2.21. The molecule has 1 nitrogen and oxygen atoms in total. The van der Waals surface area contributed by atoms with Crippen LogP contribution in [0.4, 0.5) is 4.39 Å². The first-order valence-corrected chi connectivity index (χ1v) is 9.81. The molecule has 134 valence electrons. The fraction of sp³-hybridized carbons (Fsp3) is 0.636. The molecule has 2 rings (SSSR count). The van der Waals surface area contributed by atoms with Gasteiger partial charge in [-0.3, -0.25) is 0 Å². The first-order valence-electron chi connectivity index (χ1n) is 9.81. The Balaban J connectivity index is 1.70. The topological polar surface area (TPSA) is 9.23 Å². The van der Waals surface area contributed by atoms with Gasteiger partial charge < -0.3 is 4.74 Å². The molecule has 1 saturated carbocycles. The average molecular weight is 333 g/mol. The fourth-order valence-electron chi connectivity index (χ4n) is 3.73. The Kier molecular flexibility index (Phi) is 8.94. The maximum absolute atomic E-state index is 12.0. The normalized spacial score (nSPS) is 21.2. The summed E-state index contributed by atoms with van der Waals surface area (Å²) in [6, 6.07) is 8.76. The zero-order chi connectivity index (χ0) is 17.0. The van der Waals surface area contributed by atoms with Gasteiger partial charge in [-0.2, -0.15) is 0 Å². The lowest BCUT2D eigenvalue weighted by molar-refractivity contribution is 0.303. The van der Waals surface area contributed by atoms with E-state index < -0.39 is 0 Å². The van der Waals surface area contributed by atoms with E-state index in [-0.39, 0.29) is 0 Å². The molecule has 0 atom stereocenters. The minimum atomic E-state index is 0.680. The Bertz CT molecular complexity index is 457. The monoisotopic (exact) mass is 332 g/mol. The maximum Gasteiger partial charge on any atom is 0.119 e. The van der Waals surface area contributed by atoms with Crippen molar-refractivity contribution in [2.24, 2.45) is 5.92 Å². The van der Waals surface area contributed by atoms with Crippen LogP contribution in [-0.4, -0.2) is 6.61 Å². The third kappa shape index (κ3) is 6.67. The zero-order valence-electron chi connectivity index (χ0n) is 15.2. The third-order valence-corrected chi connectivity index (χ3v) is 5.30. The van der Waals surface area contributed by atoms with E-state index in [4.69, 9.17) is 4.74 Å². The van der Waals surface area contributed by atoms with Crippen LogP contribution in [-0.2, 0) is 0 Å². The molecule has 0 bridgehead atoms. The van der Waals surface area contributed by atoms with Gasteiger partial charge >= 0.3 is 0 Å². The number of hydrogen-bond acceptors (Lipinski definition) is 1. The van der Waals surface area contributed by atoms with Crippen molar-refractivity contribution in [2.45, 2.75) is 77.0 Å². The van der Waals surface area contributed by atoms with Crippen molar-refractivity contribution >= 4 is 0 Å². The van der Waals surface area contributed by atoms with Gasteiger partial charge in [0.1, 0.15) is 5.75 Å². The molecule has 0 unspecified atom stereocenters. The number of unbranched alkanes of at least 4 members (excludes halogenated alkanes) is 3. The maximum atomic E-state index is 12.0. The summed E-state index contributed by atoms with van der Waals surface area (Å²) >= 11 is 0. The second kappa shape index (κ2) is 11.3. The van der Waals surface area contributed by atoms with Crippen LogP contribution in [0.15, 0.2) is 36.7 Å². The van der Waals surface area contributed by atoms with Crippen molar-refractivity contribution in [1.82, 2.24) is 0 Å². The fourth-order valence-corrected chi connectivity index (χ4v) is 3.73. The summed E-state index contributed by atoms with van der Waals surface area (Å²) in [4.78, 5) is 0. The molecule has 2 heteroatoms. The van der Waals surface area contributed by atoms with Crippen molar-refractivity contribution in [3.05, 3.63) is 42.2 Å². The van der Waals surface area contributed by atoms with Crippen LogP contribution in [0.25, 0.3) is 0 Å². The van der Waals surface area contributed by atoms with E-state index in [1.165, 1.54) is 50.5 Å². The summed E-state index contributed by atoms with van der Waals surface area (Å²) in [5.41, 5.74) is 1.45. The molecule has 0 radical (unpaired) electrons. The lowest BCUT2D eigenvalue weighted by Gasteiger charge is -2.28. The second-order valence-electron chi connectivity index (χ2n) is 7.13. The number of hydrogen-bond donors (Lipinski definition) is 0. The SMILES string of the molecule is CCCCCCOc1ccc(C2CCC(CCC=CF)CC2)cc1. The van der Waals surface area contributed by atoms with E-state index in [2.05, 4.69) is 31.2 Å². The molecule has 1 aromatic rings. The van der Waals surface area contributed by atoms with Gasteiger partial charge in [-0.15, -0.1) is 0 Å². The minimum Gasteiger partial charge on any atom is -0.494 e. The summed E-state index contributed by atoms with van der Waals surface area (Å²) in [6.45, 7) is 3.06. The molecule has 1 fully saturated rings. The van der Waals surface area contributed by atoms with Crippen LogP contribution >= 0.6 is 0 Å².